The predicted octanol–water partition coefficient (Wildman–Crippen LogP) is 3.51. The molecule has 2 aliphatic rings. The summed E-state index contributed by atoms with van der Waals surface area (Å²) in [5.74, 6) is 0.742. The van der Waals surface area contributed by atoms with E-state index >= 15 is 0 Å². The molecule has 1 atom stereocenters. The first-order chi connectivity index (χ1) is 13.1. The number of amides is 1. The molecule has 2 aliphatic heterocycles. The second-order valence-electron chi connectivity index (χ2n) is 7.59. The lowest BCUT2D eigenvalue weighted by atomic mass is 9.89. The molecule has 0 radical (unpaired) electrons. The van der Waals surface area contributed by atoms with Crippen LogP contribution >= 0.6 is 0 Å². The van der Waals surface area contributed by atoms with Crippen LogP contribution in [0.3, 0.4) is 0 Å². The van der Waals surface area contributed by atoms with Crippen LogP contribution < -0.4 is 0 Å². The summed E-state index contributed by atoms with van der Waals surface area (Å²) in [6.45, 7) is 3.16. The lowest BCUT2D eigenvalue weighted by Gasteiger charge is -2.35. The van der Waals surface area contributed by atoms with Crippen molar-refractivity contribution in [3.05, 3.63) is 65.5 Å². The molecule has 27 heavy (non-hydrogen) atoms. The minimum Gasteiger partial charge on any atom is -0.508 e. The Morgan fingerprint density at radius 1 is 0.926 bits per heavy atom. The van der Waals surface area contributed by atoms with Crippen LogP contribution in [0.5, 0.6) is 5.75 Å². The van der Waals surface area contributed by atoms with Crippen molar-refractivity contribution < 1.29 is 14.3 Å². The van der Waals surface area contributed by atoms with Crippen LogP contribution in [0.15, 0.2) is 48.5 Å². The third kappa shape index (κ3) is 3.98. The van der Waals surface area contributed by atoms with E-state index in [-0.39, 0.29) is 17.8 Å². The fraction of sp³-hybridized carbons (Fsp3) is 0.409. The largest absolute Gasteiger partial charge is 0.508 e. The molecule has 2 heterocycles. The highest BCUT2D eigenvalue weighted by molar-refractivity contribution is 5.84. The molecule has 1 N–H and O–H groups in total. The molecule has 142 valence electrons. The number of phenolic OH excluding ortho intramolecular Hbond substituents is 1. The Kier molecular flexibility index (Phi) is 5.12. The highest BCUT2D eigenvalue weighted by Crippen LogP contribution is 2.31. The molecule has 0 aromatic heterocycles. The summed E-state index contributed by atoms with van der Waals surface area (Å²) in [4.78, 5) is 17.1. The number of likely N-dealkylation sites (tertiary alicyclic amines) is 2. The first-order valence-corrected chi connectivity index (χ1v) is 9.66. The average molecular weight is 368 g/mol. The van der Waals surface area contributed by atoms with Gasteiger partial charge in [-0.25, -0.2) is 4.39 Å². The molecule has 0 aliphatic carbocycles. The van der Waals surface area contributed by atoms with E-state index in [0.717, 1.165) is 44.5 Å². The molecule has 0 bridgehead atoms. The second kappa shape index (κ2) is 7.69. The number of hydrogen-bond donors (Lipinski definition) is 1. The molecule has 1 amide bonds. The Bertz CT molecular complexity index is 783. The summed E-state index contributed by atoms with van der Waals surface area (Å²) in [7, 11) is 0. The Morgan fingerprint density at radius 3 is 2.26 bits per heavy atom. The van der Waals surface area contributed by atoms with Crippen LogP contribution in [0.25, 0.3) is 0 Å². The van der Waals surface area contributed by atoms with Gasteiger partial charge >= 0.3 is 0 Å². The van der Waals surface area contributed by atoms with Gasteiger partial charge in [0.1, 0.15) is 11.6 Å². The lowest BCUT2D eigenvalue weighted by molar-refractivity contribution is -0.133. The molecule has 2 aromatic rings. The summed E-state index contributed by atoms with van der Waals surface area (Å²) in [6.07, 6.45) is 2.93. The van der Waals surface area contributed by atoms with Crippen LogP contribution in [-0.4, -0.2) is 46.5 Å². The number of hydrogen-bond acceptors (Lipinski definition) is 3. The van der Waals surface area contributed by atoms with Gasteiger partial charge in [-0.2, -0.15) is 0 Å². The van der Waals surface area contributed by atoms with Crippen molar-refractivity contribution in [3.8, 4) is 5.75 Å². The minimum atomic E-state index is -0.249. The van der Waals surface area contributed by atoms with E-state index in [2.05, 4.69) is 4.90 Å². The number of aromatic hydroxyl groups is 1. The fourth-order valence-corrected chi connectivity index (χ4v) is 4.32. The molecule has 1 unspecified atom stereocenters. The standard InChI is InChI=1S/C22H25FN2O2/c23-19-5-1-16(2-6-19)15-25-14-11-21(22(25)27)24-12-9-18(10-13-24)17-3-7-20(26)8-4-17/h1-8,18,21,26H,9-15H2. The first kappa shape index (κ1) is 18.0. The highest BCUT2D eigenvalue weighted by Gasteiger charge is 2.37. The van der Waals surface area contributed by atoms with Gasteiger partial charge in [0.2, 0.25) is 5.91 Å². The maximum atomic E-state index is 13.1. The van der Waals surface area contributed by atoms with E-state index < -0.39 is 0 Å². The summed E-state index contributed by atoms with van der Waals surface area (Å²) >= 11 is 0. The maximum Gasteiger partial charge on any atom is 0.240 e. The van der Waals surface area contributed by atoms with E-state index in [0.29, 0.717) is 18.2 Å². The van der Waals surface area contributed by atoms with E-state index in [1.54, 1.807) is 24.3 Å². The molecule has 4 nitrogen and oxygen atoms in total. The van der Waals surface area contributed by atoms with Gasteiger partial charge in [-0.1, -0.05) is 24.3 Å². The molecule has 0 spiro atoms. The molecule has 4 rings (SSSR count). The normalized spacial score (nSPS) is 21.7. The van der Waals surface area contributed by atoms with Crippen molar-refractivity contribution in [1.82, 2.24) is 9.80 Å². The second-order valence-corrected chi connectivity index (χ2v) is 7.59. The Morgan fingerprint density at radius 2 is 1.59 bits per heavy atom. The highest BCUT2D eigenvalue weighted by atomic mass is 19.1. The Hall–Kier alpha value is -2.40. The summed E-state index contributed by atoms with van der Waals surface area (Å²) in [6, 6.07) is 13.9. The summed E-state index contributed by atoms with van der Waals surface area (Å²) in [5, 5.41) is 9.44. The first-order valence-electron chi connectivity index (χ1n) is 9.66. The minimum absolute atomic E-state index is 0.0220. The van der Waals surface area contributed by atoms with Gasteiger partial charge in [-0.05, 0) is 73.7 Å². The third-order valence-corrected chi connectivity index (χ3v) is 5.89. The van der Waals surface area contributed by atoms with E-state index in [4.69, 9.17) is 0 Å². The van der Waals surface area contributed by atoms with Crippen molar-refractivity contribution in [3.63, 3.8) is 0 Å². The molecule has 2 saturated heterocycles. The number of rotatable bonds is 4. The maximum absolute atomic E-state index is 13.1. The molecule has 2 aromatic carbocycles. The van der Waals surface area contributed by atoms with E-state index in [1.807, 2.05) is 17.0 Å². The number of carbonyl (C=O) groups is 1. The third-order valence-electron chi connectivity index (χ3n) is 5.89. The van der Waals surface area contributed by atoms with Crippen LogP contribution in [0.4, 0.5) is 4.39 Å². The van der Waals surface area contributed by atoms with Crippen molar-refractivity contribution >= 4 is 5.91 Å². The van der Waals surface area contributed by atoms with Crippen LogP contribution in [0.1, 0.15) is 36.3 Å². The zero-order chi connectivity index (χ0) is 18.8. The van der Waals surface area contributed by atoms with Gasteiger partial charge < -0.3 is 10.0 Å². The van der Waals surface area contributed by atoms with Crippen LogP contribution in [0.2, 0.25) is 0 Å². The van der Waals surface area contributed by atoms with Gasteiger partial charge in [0.15, 0.2) is 0 Å². The van der Waals surface area contributed by atoms with Gasteiger partial charge in [0.05, 0.1) is 6.04 Å². The Balaban J connectivity index is 1.33. The van der Waals surface area contributed by atoms with Gasteiger partial charge in [0, 0.05) is 13.1 Å². The quantitative estimate of drug-likeness (QED) is 0.898. The van der Waals surface area contributed by atoms with Crippen LogP contribution in [-0.2, 0) is 11.3 Å². The van der Waals surface area contributed by atoms with Gasteiger partial charge in [-0.3, -0.25) is 9.69 Å². The smallest absolute Gasteiger partial charge is 0.240 e. The zero-order valence-electron chi connectivity index (χ0n) is 15.4. The van der Waals surface area contributed by atoms with E-state index in [1.165, 1.54) is 17.7 Å². The number of piperidine rings is 1. The molecule has 0 saturated carbocycles. The molecular formula is C22H25FN2O2. The zero-order valence-corrected chi connectivity index (χ0v) is 15.4. The van der Waals surface area contributed by atoms with Crippen molar-refractivity contribution in [2.24, 2.45) is 0 Å². The predicted molar refractivity (Wildman–Crippen MR) is 102 cm³/mol. The lowest BCUT2D eigenvalue weighted by Crippen LogP contribution is -2.45. The van der Waals surface area contributed by atoms with Gasteiger partial charge in [-0.15, -0.1) is 0 Å². The number of halogens is 1. The van der Waals surface area contributed by atoms with Crippen molar-refractivity contribution in [2.45, 2.75) is 37.8 Å². The van der Waals surface area contributed by atoms with Crippen molar-refractivity contribution in [1.29, 1.82) is 0 Å². The number of benzene rings is 2. The number of carbonyl (C=O) groups excluding carboxylic acids is 1. The van der Waals surface area contributed by atoms with Crippen molar-refractivity contribution in [2.75, 3.05) is 19.6 Å². The molecular weight excluding hydrogens is 343 g/mol. The summed E-state index contributed by atoms with van der Waals surface area (Å²) < 4.78 is 13.1. The fourth-order valence-electron chi connectivity index (χ4n) is 4.32. The topological polar surface area (TPSA) is 43.8 Å². The van der Waals surface area contributed by atoms with Crippen LogP contribution in [0, 0.1) is 5.82 Å². The summed E-state index contributed by atoms with van der Waals surface area (Å²) in [5.41, 5.74) is 2.24. The number of phenols is 1. The molecule has 5 heteroatoms. The average Bonchev–Trinajstić information content (AvgIpc) is 3.05. The monoisotopic (exact) mass is 368 g/mol. The Labute approximate surface area is 159 Å². The SMILES string of the molecule is O=C1C(N2CCC(c3ccc(O)cc3)CC2)CCN1Cc1ccc(F)cc1. The number of nitrogens with zero attached hydrogens (tertiary/aromatic N) is 2. The van der Waals surface area contributed by atoms with Gasteiger partial charge in [0.25, 0.3) is 0 Å². The molecule has 2 fully saturated rings. The van der Waals surface area contributed by atoms with E-state index in [9.17, 15) is 14.3 Å².